The van der Waals surface area contributed by atoms with Crippen LogP contribution < -0.4 is 14.9 Å². The van der Waals surface area contributed by atoms with Crippen molar-refractivity contribution in [1.29, 1.82) is 0 Å². The minimum atomic E-state index is -4.01. The molecule has 1 saturated carbocycles. The molecule has 3 aliphatic rings. The van der Waals surface area contributed by atoms with Crippen LogP contribution in [0.25, 0.3) is 22.4 Å². The van der Waals surface area contributed by atoms with Crippen LogP contribution in [0.2, 0.25) is 0 Å². The van der Waals surface area contributed by atoms with E-state index in [0.29, 0.717) is 28.1 Å². The zero-order chi connectivity index (χ0) is 27.6. The second-order valence-corrected chi connectivity index (χ2v) is 13.2. The lowest BCUT2D eigenvalue weighted by Crippen LogP contribution is -2.39. The maximum Gasteiger partial charge on any atom is 0.251 e. The smallest absolute Gasteiger partial charge is 0.251 e. The van der Waals surface area contributed by atoms with E-state index in [-0.39, 0.29) is 25.9 Å². The van der Waals surface area contributed by atoms with Crippen LogP contribution in [0.4, 0.5) is 20.3 Å². The number of sulfonamides is 1. The summed E-state index contributed by atoms with van der Waals surface area (Å²) in [6.45, 7) is 3.33. The molecule has 2 saturated heterocycles. The maximum atomic E-state index is 13.8. The van der Waals surface area contributed by atoms with Gasteiger partial charge in [0.25, 0.3) is 5.92 Å². The molecule has 12 heteroatoms. The van der Waals surface area contributed by atoms with Crippen LogP contribution in [0.15, 0.2) is 24.3 Å². The molecule has 1 spiro atoms. The first-order valence-electron chi connectivity index (χ1n) is 13.5. The Balaban J connectivity index is 1.42. The number of hydrogen-bond donors (Lipinski definition) is 3. The lowest BCUT2D eigenvalue weighted by atomic mass is 9.92. The third-order valence-corrected chi connectivity index (χ3v) is 9.92. The number of imidazole rings is 1. The largest absolute Gasteiger partial charge is 0.395 e. The first-order valence-corrected chi connectivity index (χ1v) is 15.1. The van der Waals surface area contributed by atoms with Crippen molar-refractivity contribution in [3.05, 3.63) is 35.5 Å². The maximum absolute atomic E-state index is 13.8. The van der Waals surface area contributed by atoms with E-state index in [1.165, 1.54) is 12.8 Å². The molecule has 1 unspecified atom stereocenters. The predicted molar refractivity (Wildman–Crippen MR) is 147 cm³/mol. The number of benzene rings is 1. The number of primary sulfonamides is 1. The van der Waals surface area contributed by atoms with Crippen molar-refractivity contribution in [2.45, 2.75) is 56.6 Å². The number of aliphatic hydroxyl groups excluding tert-OH is 1. The molecule has 2 aromatic heterocycles. The summed E-state index contributed by atoms with van der Waals surface area (Å²) in [7, 11) is -4.01. The van der Waals surface area contributed by atoms with E-state index in [9.17, 15) is 22.3 Å². The SMILES string of the molecule is Cc1cc2[nH]c(-c3ccc(C(CO)S(N)(=O)=O)cc3N3CCC4(CC3)CC4)nc2c(N2CCC(F)(F)CC2)n1. The molecule has 4 N–H and O–H groups in total. The summed E-state index contributed by atoms with van der Waals surface area (Å²) < 4.78 is 52.1. The van der Waals surface area contributed by atoms with E-state index in [0.717, 1.165) is 48.4 Å². The fourth-order valence-corrected chi connectivity index (χ4v) is 6.76. The third-order valence-electron chi connectivity index (χ3n) is 8.71. The average molecular weight is 561 g/mol. The van der Waals surface area contributed by atoms with Gasteiger partial charge in [-0.25, -0.2) is 32.3 Å². The lowest BCUT2D eigenvalue weighted by molar-refractivity contribution is -0.0221. The number of nitrogens with two attached hydrogens (primary N) is 1. The fraction of sp³-hybridized carbons (Fsp3) is 0.556. The zero-order valence-corrected chi connectivity index (χ0v) is 22.8. The van der Waals surface area contributed by atoms with E-state index in [1.54, 1.807) is 12.1 Å². The van der Waals surface area contributed by atoms with Crippen LogP contribution in [0, 0.1) is 12.3 Å². The van der Waals surface area contributed by atoms with Crippen LogP contribution >= 0.6 is 0 Å². The Morgan fingerprint density at radius 3 is 2.31 bits per heavy atom. The molecule has 9 nitrogen and oxygen atoms in total. The molecule has 39 heavy (non-hydrogen) atoms. The number of anilines is 2. The number of alkyl halides is 2. The van der Waals surface area contributed by atoms with E-state index in [4.69, 9.17) is 10.1 Å². The quantitative estimate of drug-likeness (QED) is 0.418. The van der Waals surface area contributed by atoms with Gasteiger partial charge < -0.3 is 19.9 Å². The summed E-state index contributed by atoms with van der Waals surface area (Å²) in [5.74, 6) is -1.49. The fourth-order valence-electron chi connectivity index (χ4n) is 6.03. The predicted octanol–water partition coefficient (Wildman–Crippen LogP) is 3.87. The van der Waals surface area contributed by atoms with E-state index in [1.807, 2.05) is 24.0 Å². The molecule has 1 aliphatic carbocycles. The molecule has 6 rings (SSSR count). The second kappa shape index (κ2) is 9.38. The molecule has 3 aromatic rings. The van der Waals surface area contributed by atoms with Crippen molar-refractivity contribution in [1.82, 2.24) is 15.0 Å². The van der Waals surface area contributed by atoms with Gasteiger partial charge in [0.2, 0.25) is 10.0 Å². The Morgan fingerprint density at radius 2 is 1.69 bits per heavy atom. The van der Waals surface area contributed by atoms with Crippen LogP contribution in [-0.4, -0.2) is 67.2 Å². The van der Waals surface area contributed by atoms with Crippen molar-refractivity contribution in [3.8, 4) is 11.4 Å². The summed E-state index contributed by atoms with van der Waals surface area (Å²) in [6, 6.07) is 7.18. The number of halogens is 2. The molecule has 4 heterocycles. The van der Waals surface area contributed by atoms with Crippen molar-refractivity contribution >= 4 is 32.6 Å². The molecule has 0 amide bonds. The highest BCUT2D eigenvalue weighted by Gasteiger charge is 2.44. The molecule has 0 radical (unpaired) electrons. The van der Waals surface area contributed by atoms with Crippen LogP contribution in [-0.2, 0) is 10.0 Å². The van der Waals surface area contributed by atoms with Gasteiger partial charge in [0.05, 0.1) is 12.1 Å². The summed E-state index contributed by atoms with van der Waals surface area (Å²) >= 11 is 0. The Morgan fingerprint density at radius 1 is 1.03 bits per heavy atom. The Bertz CT molecular complexity index is 1500. The zero-order valence-electron chi connectivity index (χ0n) is 22.0. The number of aryl methyl sites for hydroxylation is 1. The molecule has 2 aliphatic heterocycles. The number of nitrogens with one attached hydrogen (secondary N) is 1. The number of piperidine rings is 2. The van der Waals surface area contributed by atoms with Gasteiger partial charge in [0.15, 0.2) is 5.82 Å². The van der Waals surface area contributed by atoms with Gasteiger partial charge in [-0.05, 0) is 61.8 Å². The molecular formula is C27H34F2N6O3S. The van der Waals surface area contributed by atoms with Crippen molar-refractivity contribution in [2.24, 2.45) is 10.6 Å². The van der Waals surface area contributed by atoms with Gasteiger partial charge in [-0.1, -0.05) is 6.07 Å². The van der Waals surface area contributed by atoms with E-state index in [2.05, 4.69) is 14.9 Å². The third kappa shape index (κ3) is 5.09. The number of aliphatic hydroxyl groups is 1. The topological polar surface area (TPSA) is 128 Å². The minimum absolute atomic E-state index is 0.201. The van der Waals surface area contributed by atoms with Gasteiger partial charge in [0.1, 0.15) is 16.6 Å². The first kappa shape index (κ1) is 26.4. The highest BCUT2D eigenvalue weighted by atomic mass is 32.2. The van der Waals surface area contributed by atoms with E-state index < -0.39 is 27.8 Å². The monoisotopic (exact) mass is 560 g/mol. The first-order chi connectivity index (χ1) is 18.5. The number of H-pyrrole nitrogens is 1. The summed E-state index contributed by atoms with van der Waals surface area (Å²) in [5.41, 5.74) is 4.62. The van der Waals surface area contributed by atoms with Crippen LogP contribution in [0.5, 0.6) is 0 Å². The van der Waals surface area contributed by atoms with Gasteiger partial charge in [-0.2, -0.15) is 0 Å². The lowest BCUT2D eigenvalue weighted by Gasteiger charge is -2.35. The number of nitrogens with zero attached hydrogens (tertiary/aromatic N) is 4. The van der Waals surface area contributed by atoms with Gasteiger partial charge in [-0.3, -0.25) is 0 Å². The second-order valence-electron chi connectivity index (χ2n) is 11.4. The molecule has 1 aromatic carbocycles. The molecule has 0 bridgehead atoms. The number of aromatic nitrogens is 3. The van der Waals surface area contributed by atoms with Gasteiger partial charge >= 0.3 is 0 Å². The highest BCUT2D eigenvalue weighted by molar-refractivity contribution is 7.89. The molecule has 210 valence electrons. The van der Waals surface area contributed by atoms with Gasteiger partial charge in [0, 0.05) is 56.0 Å². The number of hydrogen-bond acceptors (Lipinski definition) is 7. The number of aromatic amines is 1. The standard InChI is InChI=1S/C27H34F2N6O3S/c1-17-14-20-23(25(31-17)35-12-8-27(28,29)9-13-35)33-24(32-20)19-3-2-18(22(16-36)39(30,37)38)15-21(19)34-10-6-26(4-5-26)7-11-34/h2-3,14-15,22,36H,4-13,16H2,1H3,(H,32,33)(H2,30,37,38). The Hall–Kier alpha value is -2.83. The number of fused-ring (bicyclic) bond motifs is 1. The Labute approximate surface area is 226 Å². The summed E-state index contributed by atoms with van der Waals surface area (Å²) in [6.07, 6.45) is 4.21. The van der Waals surface area contributed by atoms with Crippen molar-refractivity contribution < 1.29 is 22.3 Å². The summed E-state index contributed by atoms with van der Waals surface area (Å²) in [5, 5.41) is 14.0. The molecular weight excluding hydrogens is 526 g/mol. The average Bonchev–Trinajstić information content (AvgIpc) is 3.49. The van der Waals surface area contributed by atoms with Gasteiger partial charge in [-0.15, -0.1) is 0 Å². The molecule has 1 atom stereocenters. The van der Waals surface area contributed by atoms with E-state index >= 15 is 0 Å². The van der Waals surface area contributed by atoms with Crippen LogP contribution in [0.1, 0.15) is 55.0 Å². The normalized spacial score (nSPS) is 21.5. The van der Waals surface area contributed by atoms with Crippen LogP contribution in [0.3, 0.4) is 0 Å². The van der Waals surface area contributed by atoms with Crippen molar-refractivity contribution in [2.75, 3.05) is 42.6 Å². The Kier molecular flexibility index (Phi) is 6.35. The number of rotatable bonds is 6. The minimum Gasteiger partial charge on any atom is -0.395 e. The summed E-state index contributed by atoms with van der Waals surface area (Å²) in [4.78, 5) is 17.1. The number of pyridine rings is 1. The highest BCUT2D eigenvalue weighted by Crippen LogP contribution is 2.54. The molecule has 3 fully saturated rings. The van der Waals surface area contributed by atoms with Crippen molar-refractivity contribution in [3.63, 3.8) is 0 Å².